The maximum absolute atomic E-state index is 12.2. The second kappa shape index (κ2) is 22.0. The van der Waals surface area contributed by atoms with E-state index < -0.39 is 22.7 Å². The summed E-state index contributed by atoms with van der Waals surface area (Å²) >= 11 is 0. The van der Waals surface area contributed by atoms with Gasteiger partial charge in [0.05, 0.1) is 25.4 Å². The van der Waals surface area contributed by atoms with Crippen molar-refractivity contribution in [3.8, 4) is 0 Å². The molecular weight excluding hydrogens is 773 g/mol. The molecule has 5 atom stereocenters. The summed E-state index contributed by atoms with van der Waals surface area (Å²) in [5, 5.41) is 17.0. The summed E-state index contributed by atoms with van der Waals surface area (Å²) in [6, 6.07) is 43.6. The minimum absolute atomic E-state index is 0.0836. The highest BCUT2D eigenvalue weighted by atomic mass is 28.4. The minimum atomic E-state index is -2.89. The molecule has 0 radical (unpaired) electrons. The number of esters is 1. The molecule has 1 fully saturated rings. The van der Waals surface area contributed by atoms with Crippen LogP contribution in [0.3, 0.4) is 0 Å². The van der Waals surface area contributed by atoms with Gasteiger partial charge >= 0.3 is 5.97 Å². The van der Waals surface area contributed by atoms with Crippen LogP contribution in [-0.2, 0) is 18.4 Å². The van der Waals surface area contributed by atoms with Crippen molar-refractivity contribution in [2.75, 3.05) is 7.11 Å². The lowest BCUT2D eigenvalue weighted by molar-refractivity contribution is -0.140. The van der Waals surface area contributed by atoms with Crippen molar-refractivity contribution < 1.29 is 23.5 Å². The summed E-state index contributed by atoms with van der Waals surface area (Å²) in [5.41, 5.74) is 0. The zero-order chi connectivity index (χ0) is 43.2. The quantitative estimate of drug-likeness (QED) is 0.0392. The number of rotatable bonds is 21. The summed E-state index contributed by atoms with van der Waals surface area (Å²) in [7, 11) is -4.27. The Morgan fingerprint density at radius 3 is 1.60 bits per heavy atom. The first kappa shape index (κ1) is 47.5. The van der Waals surface area contributed by atoms with Crippen molar-refractivity contribution in [2.24, 2.45) is 11.8 Å². The summed E-state index contributed by atoms with van der Waals surface area (Å²) in [6.45, 7) is 16.3. The Bertz CT molecular complexity index is 1790. The Balaban J connectivity index is 1.55. The van der Waals surface area contributed by atoms with Crippen LogP contribution in [0, 0.1) is 11.8 Å². The van der Waals surface area contributed by atoms with Gasteiger partial charge in [0.25, 0.3) is 16.6 Å². The Morgan fingerprint density at radius 1 is 0.683 bits per heavy atom. The van der Waals surface area contributed by atoms with E-state index in [1.54, 1.807) is 0 Å². The molecule has 0 amide bonds. The number of unbranched alkanes of at least 4 members (excludes halogenated alkanes) is 5. The van der Waals surface area contributed by atoms with E-state index in [9.17, 15) is 9.90 Å². The van der Waals surface area contributed by atoms with Crippen LogP contribution >= 0.6 is 0 Å². The van der Waals surface area contributed by atoms with Gasteiger partial charge in [0.1, 0.15) is 0 Å². The van der Waals surface area contributed by atoms with Crippen LogP contribution in [0.5, 0.6) is 0 Å². The minimum Gasteiger partial charge on any atom is -0.469 e. The standard InChI is InChI=1S/C53H74O5Si2/c1-9-10-17-28-42(57-59(52(2,3)4,43-29-18-13-19-30-43)44-31-20-14-21-32-44)39-40-47-48(37-26-11-12-27-38-51(55)56-8)50(41-49(47)54)58-60(53(5,6)7,45-33-22-15-23-34-45)46-35-24-16-25-36-46/h13-16,18-25,29-36,39-40,42,47-50,54H,9-12,17,26-28,37-38,41H2,1-8H3/b40-39+/t42-,47+,48+,49+,50-/m0/s1. The number of ether oxygens (including phenoxy) is 1. The molecule has 1 aliphatic rings. The van der Waals surface area contributed by atoms with Gasteiger partial charge in [-0.25, -0.2) is 0 Å². The van der Waals surface area contributed by atoms with Gasteiger partial charge in [-0.2, -0.15) is 0 Å². The van der Waals surface area contributed by atoms with Crippen molar-refractivity contribution in [3.63, 3.8) is 0 Å². The van der Waals surface area contributed by atoms with Gasteiger partial charge in [-0.05, 0) is 62.4 Å². The molecule has 0 unspecified atom stereocenters. The van der Waals surface area contributed by atoms with Crippen molar-refractivity contribution in [3.05, 3.63) is 133 Å². The third kappa shape index (κ3) is 11.3. The van der Waals surface area contributed by atoms with Gasteiger partial charge in [-0.3, -0.25) is 4.79 Å². The molecular formula is C53H74O5Si2. The summed E-state index contributed by atoms with van der Waals surface area (Å²) in [5.74, 6) is -0.117. The van der Waals surface area contributed by atoms with Crippen LogP contribution < -0.4 is 20.7 Å². The SMILES string of the molecule is CCCCC[C@@H](/C=C/[C@@H]1[C@@H](CCCCCCC(=O)OC)[C@@H](O[Si](c2ccccc2)(c2ccccc2)C(C)(C)C)C[C@H]1O)O[Si](c1ccccc1)(c1ccccc1)C(C)(C)C. The number of hydrogen-bond acceptors (Lipinski definition) is 5. The predicted octanol–water partition coefficient (Wildman–Crippen LogP) is 10.5. The first-order valence-electron chi connectivity index (χ1n) is 22.8. The smallest absolute Gasteiger partial charge is 0.305 e. The van der Waals surface area contributed by atoms with Crippen LogP contribution in [0.15, 0.2) is 133 Å². The van der Waals surface area contributed by atoms with E-state index >= 15 is 0 Å². The second-order valence-electron chi connectivity index (χ2n) is 19.1. The number of carbonyl (C=O) groups is 1. The van der Waals surface area contributed by atoms with Crippen molar-refractivity contribution in [1.29, 1.82) is 0 Å². The van der Waals surface area contributed by atoms with Crippen molar-refractivity contribution in [2.45, 2.75) is 147 Å². The van der Waals surface area contributed by atoms with Crippen LogP contribution in [0.2, 0.25) is 10.1 Å². The van der Waals surface area contributed by atoms with E-state index in [0.29, 0.717) is 12.8 Å². The fraction of sp³-hybridized carbons (Fsp3) is 0.491. The zero-order valence-electron chi connectivity index (χ0n) is 37.9. The Labute approximate surface area is 365 Å². The molecule has 1 aliphatic carbocycles. The van der Waals surface area contributed by atoms with E-state index in [0.717, 1.165) is 57.8 Å². The molecule has 4 aromatic carbocycles. The highest BCUT2D eigenvalue weighted by Gasteiger charge is 2.55. The number of carbonyl (C=O) groups excluding carboxylic acids is 1. The van der Waals surface area contributed by atoms with Gasteiger partial charge in [0.15, 0.2) is 0 Å². The van der Waals surface area contributed by atoms with Gasteiger partial charge in [-0.1, -0.05) is 220 Å². The molecule has 324 valence electrons. The molecule has 1 saturated carbocycles. The van der Waals surface area contributed by atoms with E-state index in [1.165, 1.54) is 27.9 Å². The first-order valence-corrected chi connectivity index (χ1v) is 26.6. The fourth-order valence-electron chi connectivity index (χ4n) is 9.87. The maximum Gasteiger partial charge on any atom is 0.305 e. The van der Waals surface area contributed by atoms with Gasteiger partial charge in [0.2, 0.25) is 0 Å². The lowest BCUT2D eigenvalue weighted by Crippen LogP contribution is -2.68. The zero-order valence-corrected chi connectivity index (χ0v) is 39.9. The number of benzene rings is 4. The number of hydrogen-bond donors (Lipinski definition) is 1. The number of aliphatic hydroxyl groups is 1. The van der Waals surface area contributed by atoms with E-state index in [2.05, 4.69) is 182 Å². The topological polar surface area (TPSA) is 65.0 Å². The average Bonchev–Trinajstić information content (AvgIpc) is 3.54. The third-order valence-electron chi connectivity index (χ3n) is 12.9. The lowest BCUT2D eigenvalue weighted by atomic mass is 9.88. The largest absolute Gasteiger partial charge is 0.469 e. The number of aliphatic hydroxyl groups excluding tert-OH is 1. The van der Waals surface area contributed by atoms with Crippen LogP contribution in [-0.4, -0.2) is 53.1 Å². The maximum atomic E-state index is 12.2. The molecule has 4 aromatic rings. The van der Waals surface area contributed by atoms with Crippen LogP contribution in [0.1, 0.15) is 119 Å². The fourth-order valence-corrected chi connectivity index (χ4v) is 19.3. The van der Waals surface area contributed by atoms with E-state index in [1.807, 2.05) is 0 Å². The van der Waals surface area contributed by atoms with Gasteiger partial charge < -0.3 is 18.7 Å². The van der Waals surface area contributed by atoms with Crippen molar-refractivity contribution >= 4 is 43.4 Å². The second-order valence-corrected chi connectivity index (χ2v) is 27.6. The van der Waals surface area contributed by atoms with E-state index in [-0.39, 0.29) is 40.1 Å². The van der Waals surface area contributed by atoms with Gasteiger partial charge in [0, 0.05) is 12.3 Å². The van der Waals surface area contributed by atoms with Gasteiger partial charge in [-0.15, -0.1) is 0 Å². The normalized spacial score (nSPS) is 19.4. The van der Waals surface area contributed by atoms with Crippen molar-refractivity contribution in [1.82, 2.24) is 0 Å². The monoisotopic (exact) mass is 847 g/mol. The molecule has 0 aliphatic heterocycles. The first-order chi connectivity index (χ1) is 28.8. The Morgan fingerprint density at radius 2 is 1.15 bits per heavy atom. The third-order valence-corrected chi connectivity index (χ3v) is 23.0. The summed E-state index contributed by atoms with van der Waals surface area (Å²) in [6.07, 6.45) is 13.9. The molecule has 0 spiro atoms. The van der Waals surface area contributed by atoms with Crippen LogP contribution in [0.4, 0.5) is 0 Å². The molecule has 5 nitrogen and oxygen atoms in total. The van der Waals surface area contributed by atoms with E-state index in [4.69, 9.17) is 13.6 Å². The molecule has 1 N–H and O–H groups in total. The Hall–Kier alpha value is -3.60. The molecule has 0 saturated heterocycles. The summed E-state index contributed by atoms with van der Waals surface area (Å²) < 4.78 is 20.5. The molecule has 0 bridgehead atoms. The highest BCUT2D eigenvalue weighted by Crippen LogP contribution is 2.45. The predicted molar refractivity (Wildman–Crippen MR) is 256 cm³/mol. The van der Waals surface area contributed by atoms with Crippen LogP contribution in [0.25, 0.3) is 0 Å². The average molecular weight is 847 g/mol. The molecule has 0 aromatic heterocycles. The molecule has 7 heteroatoms. The lowest BCUT2D eigenvalue weighted by Gasteiger charge is -2.46. The molecule has 60 heavy (non-hydrogen) atoms. The Kier molecular flexibility index (Phi) is 17.4. The highest BCUT2D eigenvalue weighted by molar-refractivity contribution is 7.00. The summed E-state index contributed by atoms with van der Waals surface area (Å²) in [4.78, 5) is 11.9. The number of methoxy groups -OCH3 is 1. The molecule has 0 heterocycles. The molecule has 5 rings (SSSR count).